The summed E-state index contributed by atoms with van der Waals surface area (Å²) in [5.74, 6) is -0.233. The van der Waals surface area contributed by atoms with Crippen LogP contribution in [0.15, 0.2) is 35.1 Å². The first-order chi connectivity index (χ1) is 9.11. The molecule has 0 aliphatic heterocycles. The first kappa shape index (κ1) is 13.3. The summed E-state index contributed by atoms with van der Waals surface area (Å²) < 4.78 is 0. The van der Waals surface area contributed by atoms with Crippen LogP contribution in [-0.2, 0) is 0 Å². The molecule has 2 aromatic rings. The third-order valence-electron chi connectivity index (χ3n) is 3.08. The van der Waals surface area contributed by atoms with Crippen molar-refractivity contribution in [2.75, 3.05) is 0 Å². The number of amides is 1. The Kier molecular flexibility index (Phi) is 4.00. The number of H-pyrrole nitrogens is 1. The molecule has 100 valence electrons. The van der Waals surface area contributed by atoms with Crippen LogP contribution in [0.3, 0.4) is 0 Å². The van der Waals surface area contributed by atoms with Gasteiger partial charge in [0.15, 0.2) is 5.43 Å². The van der Waals surface area contributed by atoms with E-state index in [-0.39, 0.29) is 17.4 Å². The topological polar surface area (TPSA) is 62.0 Å². The highest BCUT2D eigenvalue weighted by molar-refractivity contribution is 5.94. The standard InChI is InChI=1S/C15H18N2O2/c1-3-6-10(2)16-15(19)13-9-14(18)11-7-4-5-8-12(11)17-13/h4-5,7-10H,3,6H2,1-2H3,(H,16,19)(H,17,18)/t10-/m0/s1. The summed E-state index contributed by atoms with van der Waals surface area (Å²) >= 11 is 0. The molecule has 0 saturated carbocycles. The quantitative estimate of drug-likeness (QED) is 0.884. The fourth-order valence-corrected chi connectivity index (χ4v) is 2.13. The third kappa shape index (κ3) is 3.02. The summed E-state index contributed by atoms with van der Waals surface area (Å²) in [4.78, 5) is 27.0. The second-order valence-corrected chi connectivity index (χ2v) is 4.76. The minimum absolute atomic E-state index is 0.104. The Morgan fingerprint density at radius 3 is 2.84 bits per heavy atom. The van der Waals surface area contributed by atoms with Crippen molar-refractivity contribution < 1.29 is 4.79 Å². The van der Waals surface area contributed by atoms with Crippen molar-refractivity contribution in [1.82, 2.24) is 10.3 Å². The van der Waals surface area contributed by atoms with Crippen LogP contribution in [0.2, 0.25) is 0 Å². The van der Waals surface area contributed by atoms with Crippen LogP contribution in [-0.4, -0.2) is 16.9 Å². The maximum absolute atomic E-state index is 12.0. The molecular formula is C15H18N2O2. The van der Waals surface area contributed by atoms with Gasteiger partial charge in [0.05, 0.1) is 0 Å². The number of carbonyl (C=O) groups excluding carboxylic acids is 1. The van der Waals surface area contributed by atoms with Gasteiger partial charge in [0.25, 0.3) is 5.91 Å². The van der Waals surface area contributed by atoms with Crippen LogP contribution in [0.25, 0.3) is 10.9 Å². The van der Waals surface area contributed by atoms with Gasteiger partial charge >= 0.3 is 0 Å². The number of benzene rings is 1. The predicted octanol–water partition coefficient (Wildman–Crippen LogP) is 2.45. The highest BCUT2D eigenvalue weighted by Crippen LogP contribution is 2.07. The zero-order valence-corrected chi connectivity index (χ0v) is 11.2. The van der Waals surface area contributed by atoms with Crippen LogP contribution >= 0.6 is 0 Å². The van der Waals surface area contributed by atoms with Gasteiger partial charge in [0.1, 0.15) is 5.69 Å². The summed E-state index contributed by atoms with van der Waals surface area (Å²) in [6.07, 6.45) is 1.93. The van der Waals surface area contributed by atoms with E-state index in [0.29, 0.717) is 16.6 Å². The summed E-state index contributed by atoms with van der Waals surface area (Å²) in [7, 11) is 0. The molecule has 2 rings (SSSR count). The maximum atomic E-state index is 12.0. The van der Waals surface area contributed by atoms with E-state index in [1.807, 2.05) is 13.0 Å². The number of carbonyl (C=O) groups is 1. The molecule has 1 amide bonds. The van der Waals surface area contributed by atoms with Gasteiger partial charge in [-0.2, -0.15) is 0 Å². The fraction of sp³-hybridized carbons (Fsp3) is 0.333. The number of hydrogen-bond acceptors (Lipinski definition) is 2. The maximum Gasteiger partial charge on any atom is 0.268 e. The number of nitrogens with one attached hydrogen (secondary N) is 2. The molecule has 0 saturated heterocycles. The number of aromatic amines is 1. The van der Waals surface area contributed by atoms with Crippen molar-refractivity contribution in [3.63, 3.8) is 0 Å². The molecule has 0 spiro atoms. The molecule has 0 unspecified atom stereocenters. The largest absolute Gasteiger partial charge is 0.350 e. The van der Waals surface area contributed by atoms with E-state index in [9.17, 15) is 9.59 Å². The first-order valence-electron chi connectivity index (χ1n) is 6.54. The number of para-hydroxylation sites is 1. The van der Waals surface area contributed by atoms with E-state index in [4.69, 9.17) is 0 Å². The van der Waals surface area contributed by atoms with Crippen molar-refractivity contribution in [3.8, 4) is 0 Å². The molecule has 1 aromatic heterocycles. The molecule has 0 radical (unpaired) electrons. The van der Waals surface area contributed by atoms with Gasteiger partial charge < -0.3 is 10.3 Å². The van der Waals surface area contributed by atoms with Crippen molar-refractivity contribution in [2.24, 2.45) is 0 Å². The number of hydrogen-bond donors (Lipinski definition) is 2. The number of fused-ring (bicyclic) bond motifs is 1. The minimum Gasteiger partial charge on any atom is -0.350 e. The van der Waals surface area contributed by atoms with Gasteiger partial charge in [-0.3, -0.25) is 9.59 Å². The van der Waals surface area contributed by atoms with Gasteiger partial charge in [0.2, 0.25) is 0 Å². The first-order valence-corrected chi connectivity index (χ1v) is 6.54. The Hall–Kier alpha value is -2.10. The lowest BCUT2D eigenvalue weighted by molar-refractivity contribution is 0.0933. The van der Waals surface area contributed by atoms with E-state index in [0.717, 1.165) is 12.8 Å². The summed E-state index contributed by atoms with van der Waals surface area (Å²) in [6, 6.07) is 8.64. The van der Waals surface area contributed by atoms with Gasteiger partial charge in [-0.1, -0.05) is 25.5 Å². The Morgan fingerprint density at radius 1 is 1.37 bits per heavy atom. The molecule has 0 fully saturated rings. The molecule has 0 aliphatic carbocycles. The van der Waals surface area contributed by atoms with Crippen LogP contribution < -0.4 is 10.7 Å². The minimum atomic E-state index is -0.233. The van der Waals surface area contributed by atoms with Crippen molar-refractivity contribution in [1.29, 1.82) is 0 Å². The molecular weight excluding hydrogens is 240 g/mol. The summed E-state index contributed by atoms with van der Waals surface area (Å²) in [5.41, 5.74) is 0.859. The molecule has 19 heavy (non-hydrogen) atoms. The Balaban J connectivity index is 2.30. The molecule has 4 nitrogen and oxygen atoms in total. The zero-order valence-electron chi connectivity index (χ0n) is 11.2. The SMILES string of the molecule is CCC[C@H](C)NC(=O)c1cc(=O)c2ccccc2[nH]1. The molecule has 1 heterocycles. The van der Waals surface area contributed by atoms with Crippen LogP contribution in [0.1, 0.15) is 37.2 Å². The molecule has 4 heteroatoms. The Morgan fingerprint density at radius 2 is 2.11 bits per heavy atom. The Bertz CT molecular complexity index is 646. The van der Waals surface area contributed by atoms with E-state index in [1.165, 1.54) is 6.07 Å². The van der Waals surface area contributed by atoms with E-state index < -0.39 is 0 Å². The van der Waals surface area contributed by atoms with Gasteiger partial charge in [-0.15, -0.1) is 0 Å². The van der Waals surface area contributed by atoms with Gasteiger partial charge in [-0.25, -0.2) is 0 Å². The van der Waals surface area contributed by atoms with Crippen molar-refractivity contribution in [3.05, 3.63) is 46.2 Å². The van der Waals surface area contributed by atoms with Gasteiger partial charge in [-0.05, 0) is 25.5 Å². The average Bonchev–Trinajstić information content (AvgIpc) is 2.39. The lowest BCUT2D eigenvalue weighted by Crippen LogP contribution is -2.33. The smallest absolute Gasteiger partial charge is 0.268 e. The van der Waals surface area contributed by atoms with E-state index in [1.54, 1.807) is 18.2 Å². The second-order valence-electron chi connectivity index (χ2n) is 4.76. The highest BCUT2D eigenvalue weighted by Gasteiger charge is 2.11. The van der Waals surface area contributed by atoms with Crippen LogP contribution in [0.4, 0.5) is 0 Å². The lowest BCUT2D eigenvalue weighted by Gasteiger charge is -2.12. The van der Waals surface area contributed by atoms with Crippen LogP contribution in [0.5, 0.6) is 0 Å². The third-order valence-corrected chi connectivity index (χ3v) is 3.08. The monoisotopic (exact) mass is 258 g/mol. The molecule has 1 aromatic carbocycles. The second kappa shape index (κ2) is 5.69. The Labute approximate surface area is 111 Å². The predicted molar refractivity (Wildman–Crippen MR) is 76.4 cm³/mol. The number of aromatic nitrogens is 1. The van der Waals surface area contributed by atoms with Crippen molar-refractivity contribution >= 4 is 16.8 Å². The highest BCUT2D eigenvalue weighted by atomic mass is 16.2. The fourth-order valence-electron chi connectivity index (χ4n) is 2.13. The molecule has 0 bridgehead atoms. The van der Waals surface area contributed by atoms with Gasteiger partial charge in [0, 0.05) is 23.0 Å². The average molecular weight is 258 g/mol. The molecule has 2 N–H and O–H groups in total. The van der Waals surface area contributed by atoms with E-state index in [2.05, 4.69) is 17.2 Å². The summed E-state index contributed by atoms with van der Waals surface area (Å²) in [5, 5.41) is 3.48. The lowest BCUT2D eigenvalue weighted by atomic mass is 10.1. The summed E-state index contributed by atoms with van der Waals surface area (Å²) in [6.45, 7) is 4.03. The zero-order chi connectivity index (χ0) is 13.8. The van der Waals surface area contributed by atoms with Crippen molar-refractivity contribution in [2.45, 2.75) is 32.7 Å². The molecule has 1 atom stereocenters. The van der Waals surface area contributed by atoms with Crippen LogP contribution in [0, 0.1) is 0 Å². The molecule has 0 aliphatic rings. The number of rotatable bonds is 4. The normalized spacial score (nSPS) is 12.3. The number of pyridine rings is 1. The van der Waals surface area contributed by atoms with E-state index >= 15 is 0 Å².